The SMILES string of the molecule is C=C1N=C(C)N=C[C@@H](Br)CC2=C1NCCO2. The number of aliphatic imine (C=N–C) groups is 2. The first-order valence-electron chi connectivity index (χ1n) is 5.19. The molecule has 1 atom stereocenters. The summed E-state index contributed by atoms with van der Waals surface area (Å²) in [6.45, 7) is 7.28. The van der Waals surface area contributed by atoms with Crippen molar-refractivity contribution in [3.63, 3.8) is 0 Å². The molecule has 4 nitrogen and oxygen atoms in total. The molecule has 86 valence electrons. The van der Waals surface area contributed by atoms with E-state index < -0.39 is 0 Å². The Morgan fingerprint density at radius 2 is 2.44 bits per heavy atom. The number of hydrogen-bond donors (Lipinski definition) is 1. The smallest absolute Gasteiger partial charge is 0.125 e. The van der Waals surface area contributed by atoms with Crippen LogP contribution in [0.5, 0.6) is 0 Å². The Bertz CT molecular complexity index is 398. The number of nitrogens with one attached hydrogen (secondary N) is 1. The van der Waals surface area contributed by atoms with Gasteiger partial charge >= 0.3 is 0 Å². The summed E-state index contributed by atoms with van der Waals surface area (Å²) in [7, 11) is 0. The van der Waals surface area contributed by atoms with Crippen molar-refractivity contribution in [3.05, 3.63) is 23.7 Å². The van der Waals surface area contributed by atoms with Crippen LogP contribution >= 0.6 is 15.9 Å². The van der Waals surface area contributed by atoms with Crippen LogP contribution in [0.4, 0.5) is 0 Å². The zero-order valence-corrected chi connectivity index (χ0v) is 10.7. The summed E-state index contributed by atoms with van der Waals surface area (Å²) in [5.41, 5.74) is 1.59. The Morgan fingerprint density at radius 1 is 1.62 bits per heavy atom. The van der Waals surface area contributed by atoms with Crippen LogP contribution in [0.15, 0.2) is 33.7 Å². The lowest BCUT2D eigenvalue weighted by atomic mass is 10.2. The number of nitrogens with zero attached hydrogens (tertiary/aromatic N) is 2. The van der Waals surface area contributed by atoms with Crippen molar-refractivity contribution >= 4 is 28.0 Å². The van der Waals surface area contributed by atoms with Crippen molar-refractivity contribution in [3.8, 4) is 0 Å². The minimum absolute atomic E-state index is 0.161. The van der Waals surface area contributed by atoms with E-state index in [4.69, 9.17) is 4.74 Å². The second-order valence-corrected chi connectivity index (χ2v) is 4.85. The maximum Gasteiger partial charge on any atom is 0.125 e. The summed E-state index contributed by atoms with van der Waals surface area (Å²) in [5, 5.41) is 3.28. The van der Waals surface area contributed by atoms with E-state index >= 15 is 0 Å². The molecule has 5 heteroatoms. The number of amidine groups is 1. The molecule has 16 heavy (non-hydrogen) atoms. The molecule has 0 aromatic rings. The molecule has 0 unspecified atom stereocenters. The number of allylic oxidation sites excluding steroid dienone is 1. The van der Waals surface area contributed by atoms with Gasteiger partial charge < -0.3 is 10.1 Å². The van der Waals surface area contributed by atoms with Crippen LogP contribution in [-0.2, 0) is 4.74 Å². The van der Waals surface area contributed by atoms with E-state index in [0.29, 0.717) is 18.1 Å². The van der Waals surface area contributed by atoms with Crippen molar-refractivity contribution in [1.82, 2.24) is 5.32 Å². The van der Waals surface area contributed by atoms with Crippen molar-refractivity contribution in [2.45, 2.75) is 18.2 Å². The monoisotopic (exact) mass is 283 g/mol. The second kappa shape index (κ2) is 4.82. The Morgan fingerprint density at radius 3 is 3.25 bits per heavy atom. The normalized spacial score (nSPS) is 25.8. The number of halogens is 1. The number of ether oxygens (including phenoxy) is 1. The fourth-order valence-corrected chi connectivity index (χ4v) is 2.06. The lowest BCUT2D eigenvalue weighted by Gasteiger charge is -2.23. The van der Waals surface area contributed by atoms with Gasteiger partial charge in [-0.3, -0.25) is 0 Å². The van der Waals surface area contributed by atoms with E-state index in [1.54, 1.807) is 0 Å². The van der Waals surface area contributed by atoms with Crippen LogP contribution in [0.2, 0.25) is 0 Å². The third-order valence-corrected chi connectivity index (χ3v) is 2.91. The summed E-state index contributed by atoms with van der Waals surface area (Å²) in [6, 6.07) is 0. The Labute approximate surface area is 103 Å². The summed E-state index contributed by atoms with van der Waals surface area (Å²) in [6.07, 6.45) is 2.59. The first-order chi connectivity index (χ1) is 7.66. The van der Waals surface area contributed by atoms with Crippen molar-refractivity contribution in [2.24, 2.45) is 9.98 Å². The van der Waals surface area contributed by atoms with Crippen LogP contribution in [-0.4, -0.2) is 30.0 Å². The van der Waals surface area contributed by atoms with Crippen LogP contribution in [0.25, 0.3) is 0 Å². The summed E-state index contributed by atoms with van der Waals surface area (Å²) in [5.74, 6) is 1.61. The number of rotatable bonds is 0. The van der Waals surface area contributed by atoms with Gasteiger partial charge in [0, 0.05) is 19.2 Å². The topological polar surface area (TPSA) is 46.0 Å². The minimum Gasteiger partial charge on any atom is -0.494 e. The van der Waals surface area contributed by atoms with Crippen molar-refractivity contribution in [1.29, 1.82) is 0 Å². The van der Waals surface area contributed by atoms with Gasteiger partial charge in [-0.05, 0) is 6.92 Å². The predicted octanol–water partition coefficient (Wildman–Crippen LogP) is 1.99. The van der Waals surface area contributed by atoms with Gasteiger partial charge in [0.2, 0.25) is 0 Å². The molecule has 2 heterocycles. The molecule has 0 saturated heterocycles. The van der Waals surface area contributed by atoms with Gasteiger partial charge in [-0.15, -0.1) is 0 Å². The molecule has 0 aromatic heterocycles. The maximum absolute atomic E-state index is 5.64. The number of alkyl halides is 1. The molecule has 1 N–H and O–H groups in total. The quantitative estimate of drug-likeness (QED) is 0.691. The summed E-state index contributed by atoms with van der Waals surface area (Å²) < 4.78 is 5.64. The first kappa shape index (κ1) is 11.4. The molecule has 0 aromatic carbocycles. The average Bonchev–Trinajstić information content (AvgIpc) is 2.30. The zero-order chi connectivity index (χ0) is 11.5. The Balaban J connectivity index is 2.38. The molecule has 0 radical (unpaired) electrons. The highest BCUT2D eigenvalue weighted by Crippen LogP contribution is 2.23. The van der Waals surface area contributed by atoms with Crippen LogP contribution in [0.1, 0.15) is 13.3 Å². The van der Waals surface area contributed by atoms with E-state index in [1.165, 1.54) is 0 Å². The van der Waals surface area contributed by atoms with Gasteiger partial charge in [-0.2, -0.15) is 0 Å². The van der Waals surface area contributed by atoms with E-state index in [1.807, 2.05) is 13.1 Å². The highest BCUT2D eigenvalue weighted by Gasteiger charge is 2.19. The van der Waals surface area contributed by atoms with Gasteiger partial charge in [0.05, 0.1) is 16.2 Å². The molecule has 0 saturated carbocycles. The van der Waals surface area contributed by atoms with Gasteiger partial charge in [-0.25, -0.2) is 9.98 Å². The molecular weight excluding hydrogens is 270 g/mol. The average molecular weight is 284 g/mol. The predicted molar refractivity (Wildman–Crippen MR) is 69.1 cm³/mol. The molecule has 0 fully saturated rings. The lowest BCUT2D eigenvalue weighted by Crippen LogP contribution is -2.28. The van der Waals surface area contributed by atoms with Crippen LogP contribution in [0, 0.1) is 0 Å². The number of hydrogen-bond acceptors (Lipinski definition) is 4. The van der Waals surface area contributed by atoms with Crippen molar-refractivity contribution in [2.75, 3.05) is 13.2 Å². The summed E-state index contributed by atoms with van der Waals surface area (Å²) in [4.78, 5) is 8.72. The first-order valence-corrected chi connectivity index (χ1v) is 6.11. The standard InChI is InChI=1S/C11H14BrN3O/c1-7-11-10(16-4-3-13-11)5-9(12)6-14-8(2)15-7/h6,9,13H,1,3-5H2,2H3/t9-/m0/s1. The molecule has 0 bridgehead atoms. The highest BCUT2D eigenvalue weighted by atomic mass is 79.9. The van der Waals surface area contributed by atoms with Crippen LogP contribution < -0.4 is 5.32 Å². The van der Waals surface area contributed by atoms with E-state index in [9.17, 15) is 0 Å². The molecule has 2 aliphatic rings. The highest BCUT2D eigenvalue weighted by molar-refractivity contribution is 9.10. The second-order valence-electron chi connectivity index (χ2n) is 3.68. The van der Waals surface area contributed by atoms with Gasteiger partial charge in [0.1, 0.15) is 18.2 Å². The van der Waals surface area contributed by atoms with Gasteiger partial charge in [0.15, 0.2) is 0 Å². The molecule has 0 amide bonds. The lowest BCUT2D eigenvalue weighted by molar-refractivity contribution is 0.184. The molecule has 0 spiro atoms. The van der Waals surface area contributed by atoms with Crippen LogP contribution in [0.3, 0.4) is 0 Å². The van der Waals surface area contributed by atoms with Gasteiger partial charge in [-0.1, -0.05) is 22.5 Å². The summed E-state index contributed by atoms with van der Waals surface area (Å²) >= 11 is 3.54. The molecular formula is C11H14BrN3O. The van der Waals surface area contributed by atoms with Gasteiger partial charge in [0.25, 0.3) is 0 Å². The Kier molecular flexibility index (Phi) is 3.43. The Hall–Kier alpha value is -1.10. The fraction of sp³-hybridized carbons (Fsp3) is 0.455. The van der Waals surface area contributed by atoms with E-state index in [-0.39, 0.29) is 4.83 Å². The molecule has 2 rings (SSSR count). The minimum atomic E-state index is 0.161. The fourth-order valence-electron chi connectivity index (χ4n) is 1.64. The maximum atomic E-state index is 5.64. The van der Waals surface area contributed by atoms with E-state index in [2.05, 4.69) is 37.8 Å². The largest absolute Gasteiger partial charge is 0.494 e. The zero-order valence-electron chi connectivity index (χ0n) is 9.16. The van der Waals surface area contributed by atoms with E-state index in [0.717, 1.165) is 24.4 Å². The molecule has 2 aliphatic heterocycles. The molecule has 0 aliphatic carbocycles. The third-order valence-electron chi connectivity index (χ3n) is 2.35. The third kappa shape index (κ3) is 2.52. The van der Waals surface area contributed by atoms with Crippen molar-refractivity contribution < 1.29 is 4.74 Å².